The topological polar surface area (TPSA) is 120 Å². The van der Waals surface area contributed by atoms with Crippen LogP contribution in [0.3, 0.4) is 0 Å². The summed E-state index contributed by atoms with van der Waals surface area (Å²) in [5.74, 6) is -0.106. The van der Waals surface area contributed by atoms with Gasteiger partial charge in [-0.1, -0.05) is 42.4 Å². The number of aliphatic hydroxyl groups is 4. The fraction of sp³-hybridized carbons (Fsp3) is 0.556. The van der Waals surface area contributed by atoms with Gasteiger partial charge in [-0.25, -0.2) is 0 Å². The summed E-state index contributed by atoms with van der Waals surface area (Å²) in [6.07, 6.45) is 2.95. The van der Waals surface area contributed by atoms with E-state index in [1.165, 1.54) is 17.2 Å². The Kier molecular flexibility index (Phi) is 10.3. The Morgan fingerprint density at radius 2 is 1.79 bits per heavy atom. The molecular weight excluding hydrogens is 436 g/mol. The van der Waals surface area contributed by atoms with Crippen LogP contribution in [-0.4, -0.2) is 62.8 Å². The molecule has 190 valence electrons. The third-order valence-corrected chi connectivity index (χ3v) is 6.41. The zero-order valence-electron chi connectivity index (χ0n) is 20.6. The fourth-order valence-electron chi connectivity index (χ4n) is 3.93. The Balaban J connectivity index is 2.14. The number of hydrogen-bond donors (Lipinski definition) is 5. The van der Waals surface area contributed by atoms with Crippen LogP contribution in [-0.2, 0) is 10.2 Å². The van der Waals surface area contributed by atoms with Crippen molar-refractivity contribution in [2.75, 3.05) is 6.61 Å². The molecule has 6 atom stereocenters. The monoisotopic (exact) mass is 476 g/mol. The molecule has 1 fully saturated rings. The highest BCUT2D eigenvalue weighted by Gasteiger charge is 2.45. The van der Waals surface area contributed by atoms with Gasteiger partial charge >= 0.3 is 0 Å². The maximum absolute atomic E-state index is 10.3. The molecule has 34 heavy (non-hydrogen) atoms. The molecule has 5 N–H and O–H groups in total. The molecule has 0 saturated carbocycles. The highest BCUT2D eigenvalue weighted by atomic mass is 16.7. The average Bonchev–Trinajstić information content (AvgIpc) is 2.80. The first-order valence-electron chi connectivity index (χ1n) is 11.8. The molecule has 0 amide bonds. The minimum absolute atomic E-state index is 0.0587. The van der Waals surface area contributed by atoms with Crippen LogP contribution in [0.25, 0.3) is 0 Å². The van der Waals surface area contributed by atoms with E-state index in [-0.39, 0.29) is 11.5 Å². The zero-order chi connectivity index (χ0) is 25.5. The van der Waals surface area contributed by atoms with Crippen molar-refractivity contribution in [3.05, 3.63) is 59.7 Å². The molecule has 0 spiro atoms. The molecule has 0 radical (unpaired) electrons. The molecule has 1 aliphatic heterocycles. The average molecular weight is 477 g/mol. The largest absolute Gasteiger partial charge is 0.504 e. The molecule has 1 aromatic carbocycles. The summed E-state index contributed by atoms with van der Waals surface area (Å²) < 4.78 is 11.1. The molecule has 1 heterocycles. The van der Waals surface area contributed by atoms with Crippen LogP contribution in [0.4, 0.5) is 0 Å². The van der Waals surface area contributed by atoms with E-state index in [9.17, 15) is 25.5 Å². The lowest BCUT2D eigenvalue weighted by Gasteiger charge is -2.39. The molecule has 0 bridgehead atoms. The first-order chi connectivity index (χ1) is 16.0. The molecule has 1 saturated heterocycles. The highest BCUT2D eigenvalue weighted by molar-refractivity contribution is 5.45. The van der Waals surface area contributed by atoms with E-state index in [0.717, 1.165) is 31.2 Å². The molecule has 7 nitrogen and oxygen atoms in total. The normalized spacial score (nSPS) is 27.1. The van der Waals surface area contributed by atoms with Gasteiger partial charge in [0.1, 0.15) is 24.4 Å². The standard InChI is InChI=1S/C27H40O7/c1-6-27(5,14-8-11-18(4)10-7-9-17(2)3)19-12-13-20(29)21(15-19)33-26-25(32)24(31)23(30)22(16-28)34-26/h6,9,11-13,15,22-26,28-32H,1,7-8,10,14,16H2,2-5H3/b18-11+/t22-,23-,24+,25-,26-,27?/m0/s1. The van der Waals surface area contributed by atoms with Crippen molar-refractivity contribution in [2.24, 2.45) is 0 Å². The van der Waals surface area contributed by atoms with E-state index in [0.29, 0.717) is 0 Å². The molecule has 1 aromatic rings. The Morgan fingerprint density at radius 3 is 2.41 bits per heavy atom. The van der Waals surface area contributed by atoms with Gasteiger partial charge in [0.05, 0.1) is 6.61 Å². The van der Waals surface area contributed by atoms with Gasteiger partial charge in [-0.05, 0) is 64.2 Å². The lowest BCUT2D eigenvalue weighted by atomic mass is 9.78. The molecule has 2 rings (SSSR count). The van der Waals surface area contributed by atoms with Crippen molar-refractivity contribution in [1.29, 1.82) is 0 Å². The SMILES string of the molecule is C=CC(C)(CC/C=C(\C)CCC=C(C)C)c1ccc(O)c(O[C@H]2O[C@@H](CO)[C@H](O)[C@@H](O)[C@@H]2O)c1. The number of aliphatic hydroxyl groups excluding tert-OH is 4. The molecule has 0 aliphatic carbocycles. The van der Waals surface area contributed by atoms with Crippen LogP contribution < -0.4 is 4.74 Å². The minimum atomic E-state index is -1.56. The molecule has 1 aliphatic rings. The van der Waals surface area contributed by atoms with Crippen LogP contribution in [0.15, 0.2) is 54.2 Å². The number of phenols is 1. The summed E-state index contributed by atoms with van der Waals surface area (Å²) in [6.45, 7) is 11.8. The van der Waals surface area contributed by atoms with Crippen LogP contribution in [0, 0.1) is 0 Å². The molecule has 0 aromatic heterocycles. The summed E-state index contributed by atoms with van der Waals surface area (Å²) in [6, 6.07) is 4.95. The van der Waals surface area contributed by atoms with Gasteiger partial charge in [0.15, 0.2) is 11.5 Å². The Morgan fingerprint density at radius 1 is 1.09 bits per heavy atom. The van der Waals surface area contributed by atoms with E-state index < -0.39 is 42.7 Å². The quantitative estimate of drug-likeness (QED) is 0.310. The Bertz CT molecular complexity index is 872. The van der Waals surface area contributed by atoms with Gasteiger partial charge in [-0.3, -0.25) is 0 Å². The van der Waals surface area contributed by atoms with Crippen molar-refractivity contribution in [3.63, 3.8) is 0 Å². The second-order valence-corrected chi connectivity index (χ2v) is 9.53. The Labute approximate surface area is 202 Å². The third kappa shape index (κ3) is 7.17. The van der Waals surface area contributed by atoms with Gasteiger partial charge in [0.25, 0.3) is 0 Å². The smallest absolute Gasteiger partial charge is 0.229 e. The minimum Gasteiger partial charge on any atom is -0.504 e. The first-order valence-corrected chi connectivity index (χ1v) is 11.8. The number of aromatic hydroxyl groups is 1. The van der Waals surface area contributed by atoms with Crippen molar-refractivity contribution >= 4 is 0 Å². The highest BCUT2D eigenvalue weighted by Crippen LogP contribution is 2.38. The van der Waals surface area contributed by atoms with E-state index >= 15 is 0 Å². The lowest BCUT2D eigenvalue weighted by molar-refractivity contribution is -0.277. The summed E-state index contributed by atoms with van der Waals surface area (Å²) in [7, 11) is 0. The second kappa shape index (κ2) is 12.5. The summed E-state index contributed by atoms with van der Waals surface area (Å²) >= 11 is 0. The predicted molar refractivity (Wildman–Crippen MR) is 132 cm³/mol. The number of hydrogen-bond acceptors (Lipinski definition) is 7. The van der Waals surface area contributed by atoms with Crippen molar-refractivity contribution in [2.45, 2.75) is 89.5 Å². The van der Waals surface area contributed by atoms with Gasteiger partial charge in [-0.15, -0.1) is 6.58 Å². The van der Waals surface area contributed by atoms with Crippen LogP contribution in [0.5, 0.6) is 11.5 Å². The number of ether oxygens (including phenoxy) is 2. The van der Waals surface area contributed by atoms with Crippen LogP contribution in [0.2, 0.25) is 0 Å². The first kappa shape index (κ1) is 28.1. The third-order valence-electron chi connectivity index (χ3n) is 6.41. The number of allylic oxidation sites excluding steroid dienone is 5. The van der Waals surface area contributed by atoms with E-state index in [1.807, 2.05) is 6.08 Å². The maximum atomic E-state index is 10.3. The van der Waals surface area contributed by atoms with E-state index in [1.54, 1.807) is 12.1 Å². The van der Waals surface area contributed by atoms with Gasteiger partial charge in [0, 0.05) is 5.41 Å². The van der Waals surface area contributed by atoms with Gasteiger partial charge in [0.2, 0.25) is 6.29 Å². The van der Waals surface area contributed by atoms with Gasteiger partial charge in [-0.2, -0.15) is 0 Å². The van der Waals surface area contributed by atoms with Crippen LogP contribution >= 0.6 is 0 Å². The van der Waals surface area contributed by atoms with E-state index in [2.05, 4.69) is 46.4 Å². The number of rotatable bonds is 11. The number of benzene rings is 1. The molecule has 1 unspecified atom stereocenters. The predicted octanol–water partition coefficient (Wildman–Crippen LogP) is 3.49. The van der Waals surface area contributed by atoms with Crippen LogP contribution in [0.1, 0.15) is 58.9 Å². The molecule has 7 heteroatoms. The maximum Gasteiger partial charge on any atom is 0.229 e. The molecular formula is C27H40O7. The number of phenolic OH excluding ortho intramolecular Hbond substituents is 1. The summed E-state index contributed by atoms with van der Waals surface area (Å²) in [5.41, 5.74) is 3.11. The van der Waals surface area contributed by atoms with Gasteiger partial charge < -0.3 is 35.0 Å². The van der Waals surface area contributed by atoms with Crippen molar-refractivity contribution in [3.8, 4) is 11.5 Å². The lowest BCUT2D eigenvalue weighted by Crippen LogP contribution is -2.60. The fourth-order valence-corrected chi connectivity index (χ4v) is 3.93. The summed E-state index contributed by atoms with van der Waals surface area (Å²) in [5, 5.41) is 49.9. The van der Waals surface area contributed by atoms with Crippen molar-refractivity contribution in [1.82, 2.24) is 0 Å². The summed E-state index contributed by atoms with van der Waals surface area (Å²) in [4.78, 5) is 0. The second-order valence-electron chi connectivity index (χ2n) is 9.53. The van der Waals surface area contributed by atoms with Crippen molar-refractivity contribution < 1.29 is 35.0 Å². The zero-order valence-corrected chi connectivity index (χ0v) is 20.6. The van der Waals surface area contributed by atoms with E-state index in [4.69, 9.17) is 9.47 Å². The Hall–Kier alpha value is -2.16.